The van der Waals surface area contributed by atoms with Crippen LogP contribution in [0.3, 0.4) is 0 Å². The van der Waals surface area contributed by atoms with Crippen molar-refractivity contribution in [2.75, 3.05) is 11.9 Å². The average Bonchev–Trinajstić information content (AvgIpc) is 2.93. The maximum absolute atomic E-state index is 12.3. The Bertz CT molecular complexity index is 772. The predicted octanol–water partition coefficient (Wildman–Crippen LogP) is 0.750. The molecule has 1 aliphatic heterocycles. The van der Waals surface area contributed by atoms with E-state index in [4.69, 9.17) is 5.26 Å². The van der Waals surface area contributed by atoms with E-state index in [1.54, 1.807) is 24.3 Å². The third-order valence-corrected chi connectivity index (χ3v) is 3.16. The fourth-order valence-electron chi connectivity index (χ4n) is 2.18. The Balaban J connectivity index is 1.88. The maximum atomic E-state index is 12.3. The molecule has 0 atom stereocenters. The molecule has 1 aromatic carbocycles. The van der Waals surface area contributed by atoms with E-state index >= 15 is 0 Å². The van der Waals surface area contributed by atoms with Crippen molar-refractivity contribution in [1.29, 1.82) is 5.26 Å². The fourth-order valence-corrected chi connectivity index (χ4v) is 2.18. The van der Waals surface area contributed by atoms with Crippen LogP contribution in [0.25, 0.3) is 0 Å². The van der Waals surface area contributed by atoms with Gasteiger partial charge in [-0.05, 0) is 18.2 Å². The molecule has 1 aromatic heterocycles. The predicted molar refractivity (Wildman–Crippen MR) is 73.7 cm³/mol. The molecule has 21 heavy (non-hydrogen) atoms. The van der Waals surface area contributed by atoms with Crippen molar-refractivity contribution in [3.05, 3.63) is 47.3 Å². The highest BCUT2D eigenvalue weighted by atomic mass is 16.2. The maximum Gasteiger partial charge on any atom is 0.270 e. The highest BCUT2D eigenvalue weighted by Gasteiger charge is 2.25. The van der Waals surface area contributed by atoms with Gasteiger partial charge in [0.05, 0.1) is 29.9 Å². The Labute approximate surface area is 120 Å². The summed E-state index contributed by atoms with van der Waals surface area (Å²) in [5.74, 6) is -0.738. The minimum absolute atomic E-state index is 0.217. The zero-order valence-corrected chi connectivity index (χ0v) is 11.0. The van der Waals surface area contributed by atoms with Gasteiger partial charge in [0.15, 0.2) is 0 Å². The number of nitrogens with zero attached hydrogens (tertiary/aromatic N) is 3. The van der Waals surface area contributed by atoms with Gasteiger partial charge in [0.25, 0.3) is 11.8 Å². The third kappa shape index (κ3) is 2.34. The van der Waals surface area contributed by atoms with Crippen LogP contribution in [0.5, 0.6) is 0 Å². The summed E-state index contributed by atoms with van der Waals surface area (Å²) in [5.41, 5.74) is 1.42. The van der Waals surface area contributed by atoms with E-state index in [1.165, 1.54) is 10.9 Å². The van der Waals surface area contributed by atoms with Crippen molar-refractivity contribution in [1.82, 2.24) is 15.1 Å². The zero-order valence-electron chi connectivity index (χ0n) is 11.0. The van der Waals surface area contributed by atoms with Crippen LogP contribution < -0.4 is 10.6 Å². The number of hydrogen-bond donors (Lipinski definition) is 2. The van der Waals surface area contributed by atoms with Crippen LogP contribution in [0.2, 0.25) is 0 Å². The van der Waals surface area contributed by atoms with E-state index in [0.29, 0.717) is 24.3 Å². The van der Waals surface area contributed by atoms with Crippen molar-refractivity contribution in [3.63, 3.8) is 0 Å². The van der Waals surface area contributed by atoms with E-state index in [1.807, 2.05) is 6.07 Å². The molecule has 2 aromatic rings. The van der Waals surface area contributed by atoms with E-state index < -0.39 is 5.91 Å². The molecule has 0 radical (unpaired) electrons. The lowest BCUT2D eigenvalue weighted by molar-refractivity contribution is 0.0913. The van der Waals surface area contributed by atoms with Gasteiger partial charge >= 0.3 is 0 Å². The molecule has 0 saturated carbocycles. The third-order valence-electron chi connectivity index (χ3n) is 3.16. The first kappa shape index (κ1) is 12.9. The Hall–Kier alpha value is -3.14. The molecule has 7 nitrogen and oxygen atoms in total. The molecule has 3 rings (SSSR count). The standard InChI is InChI=1S/C14H11N5O2/c15-7-9-2-1-3-10(6-9)18-13(20)11-8-17-19-5-4-16-14(21)12(11)19/h1-3,6,8H,4-5H2,(H,16,21)(H,18,20). The van der Waals surface area contributed by atoms with Crippen LogP contribution in [0.4, 0.5) is 5.69 Å². The first-order chi connectivity index (χ1) is 10.2. The second-order valence-corrected chi connectivity index (χ2v) is 4.53. The van der Waals surface area contributed by atoms with Crippen molar-refractivity contribution in [3.8, 4) is 6.07 Å². The highest BCUT2D eigenvalue weighted by Crippen LogP contribution is 2.15. The molecule has 7 heteroatoms. The zero-order chi connectivity index (χ0) is 14.8. The number of carbonyl (C=O) groups excluding carboxylic acids is 2. The van der Waals surface area contributed by atoms with Crippen molar-refractivity contribution < 1.29 is 9.59 Å². The van der Waals surface area contributed by atoms with E-state index in [9.17, 15) is 9.59 Å². The Kier molecular flexibility index (Phi) is 3.12. The molecule has 2 heterocycles. The molecular formula is C14H11N5O2. The summed E-state index contributed by atoms with van der Waals surface area (Å²) >= 11 is 0. The minimum atomic E-state index is -0.427. The number of aromatic nitrogens is 2. The fraction of sp³-hybridized carbons (Fsp3) is 0.143. The summed E-state index contributed by atoms with van der Waals surface area (Å²) in [5, 5.41) is 18.2. The number of nitriles is 1. The summed E-state index contributed by atoms with van der Waals surface area (Å²) in [6.07, 6.45) is 1.38. The minimum Gasteiger partial charge on any atom is -0.349 e. The number of benzene rings is 1. The topological polar surface area (TPSA) is 99.8 Å². The Morgan fingerprint density at radius 2 is 2.33 bits per heavy atom. The second kappa shape index (κ2) is 5.09. The largest absolute Gasteiger partial charge is 0.349 e. The monoisotopic (exact) mass is 281 g/mol. The molecule has 2 amide bonds. The Morgan fingerprint density at radius 1 is 1.48 bits per heavy atom. The van der Waals surface area contributed by atoms with Crippen LogP contribution in [0.1, 0.15) is 26.4 Å². The quantitative estimate of drug-likeness (QED) is 0.848. The van der Waals surface area contributed by atoms with Gasteiger partial charge in [-0.15, -0.1) is 0 Å². The van der Waals surface area contributed by atoms with Crippen LogP contribution >= 0.6 is 0 Å². The molecular weight excluding hydrogens is 270 g/mol. The van der Waals surface area contributed by atoms with Gasteiger partial charge in [0.1, 0.15) is 5.69 Å². The average molecular weight is 281 g/mol. The van der Waals surface area contributed by atoms with Gasteiger partial charge in [-0.1, -0.05) is 6.07 Å². The second-order valence-electron chi connectivity index (χ2n) is 4.53. The smallest absolute Gasteiger partial charge is 0.270 e. The number of anilines is 1. The van der Waals surface area contributed by atoms with Crippen molar-refractivity contribution in [2.24, 2.45) is 0 Å². The van der Waals surface area contributed by atoms with Gasteiger partial charge in [-0.3, -0.25) is 14.3 Å². The van der Waals surface area contributed by atoms with E-state index in [2.05, 4.69) is 15.7 Å². The molecule has 0 saturated heterocycles. The number of carbonyl (C=O) groups is 2. The van der Waals surface area contributed by atoms with Gasteiger partial charge in [-0.2, -0.15) is 10.4 Å². The molecule has 104 valence electrons. The lowest BCUT2D eigenvalue weighted by atomic mass is 10.1. The Morgan fingerprint density at radius 3 is 3.14 bits per heavy atom. The van der Waals surface area contributed by atoms with Crippen molar-refractivity contribution >= 4 is 17.5 Å². The lowest BCUT2D eigenvalue weighted by Crippen LogP contribution is -2.37. The van der Waals surface area contributed by atoms with Crippen LogP contribution in [-0.2, 0) is 6.54 Å². The number of nitrogens with one attached hydrogen (secondary N) is 2. The number of fused-ring (bicyclic) bond motifs is 1. The van der Waals surface area contributed by atoms with Crippen LogP contribution in [-0.4, -0.2) is 28.1 Å². The van der Waals surface area contributed by atoms with Crippen LogP contribution in [0, 0.1) is 11.3 Å². The highest BCUT2D eigenvalue weighted by molar-refractivity contribution is 6.11. The van der Waals surface area contributed by atoms with E-state index in [-0.39, 0.29) is 17.2 Å². The normalized spacial score (nSPS) is 13.0. The van der Waals surface area contributed by atoms with Gasteiger partial charge in [0, 0.05) is 12.2 Å². The molecule has 0 aliphatic carbocycles. The summed E-state index contributed by atoms with van der Waals surface area (Å²) in [6, 6.07) is 8.56. The number of hydrogen-bond acceptors (Lipinski definition) is 4. The number of rotatable bonds is 2. The van der Waals surface area contributed by atoms with Gasteiger partial charge < -0.3 is 10.6 Å². The SMILES string of the molecule is N#Cc1cccc(NC(=O)c2cnn3c2C(=O)NCC3)c1. The molecule has 0 fully saturated rings. The molecule has 1 aliphatic rings. The van der Waals surface area contributed by atoms with Crippen molar-refractivity contribution in [2.45, 2.75) is 6.54 Å². The molecule has 0 unspecified atom stereocenters. The summed E-state index contributed by atoms with van der Waals surface area (Å²) in [4.78, 5) is 24.1. The van der Waals surface area contributed by atoms with E-state index in [0.717, 1.165) is 0 Å². The van der Waals surface area contributed by atoms with Gasteiger partial charge in [-0.25, -0.2) is 0 Å². The first-order valence-electron chi connectivity index (χ1n) is 6.34. The molecule has 0 spiro atoms. The summed E-state index contributed by atoms with van der Waals surface area (Å²) < 4.78 is 1.51. The lowest BCUT2D eigenvalue weighted by Gasteiger charge is -2.15. The first-order valence-corrected chi connectivity index (χ1v) is 6.34. The number of amides is 2. The molecule has 2 N–H and O–H groups in total. The summed E-state index contributed by atoms with van der Waals surface area (Å²) in [6.45, 7) is 1.04. The van der Waals surface area contributed by atoms with Crippen LogP contribution in [0.15, 0.2) is 30.5 Å². The summed E-state index contributed by atoms with van der Waals surface area (Å²) in [7, 11) is 0. The van der Waals surface area contributed by atoms with Gasteiger partial charge in [0.2, 0.25) is 0 Å². The molecule has 0 bridgehead atoms.